The number of halogens is 2. The second kappa shape index (κ2) is 5.61. The van der Waals surface area contributed by atoms with Crippen molar-refractivity contribution in [1.29, 1.82) is 0 Å². The molecule has 0 fully saturated rings. The second-order valence-electron chi connectivity index (χ2n) is 4.14. The molecule has 0 bridgehead atoms. The molecule has 94 valence electrons. The van der Waals surface area contributed by atoms with Crippen molar-refractivity contribution in [2.45, 2.75) is 12.5 Å². The van der Waals surface area contributed by atoms with Crippen LogP contribution in [0.15, 0.2) is 42.5 Å². The number of hydrogen-bond acceptors (Lipinski definition) is 2. The molecule has 0 heterocycles. The van der Waals surface area contributed by atoms with Crippen LogP contribution in [-0.2, 0) is 6.42 Å². The smallest absolute Gasteiger partial charge is 0.0830 e. The van der Waals surface area contributed by atoms with Gasteiger partial charge in [-0.25, -0.2) is 0 Å². The van der Waals surface area contributed by atoms with Crippen LogP contribution < -0.4 is 5.73 Å². The van der Waals surface area contributed by atoms with Crippen molar-refractivity contribution in [2.75, 3.05) is 5.73 Å². The van der Waals surface area contributed by atoms with Gasteiger partial charge in [-0.1, -0.05) is 41.4 Å². The summed E-state index contributed by atoms with van der Waals surface area (Å²) in [5.41, 5.74) is 8.05. The zero-order chi connectivity index (χ0) is 13.1. The summed E-state index contributed by atoms with van der Waals surface area (Å²) in [6, 6.07) is 12.5. The fraction of sp³-hybridized carbons (Fsp3) is 0.143. The SMILES string of the molecule is Nc1ccc(C(O)Cc2ccc(Cl)c(Cl)c2)cc1. The lowest BCUT2D eigenvalue weighted by Crippen LogP contribution is -2.02. The summed E-state index contributed by atoms with van der Waals surface area (Å²) in [7, 11) is 0. The van der Waals surface area contributed by atoms with Crippen LogP contribution in [0.3, 0.4) is 0 Å². The third-order valence-electron chi connectivity index (χ3n) is 2.73. The van der Waals surface area contributed by atoms with Gasteiger partial charge in [0.1, 0.15) is 0 Å². The van der Waals surface area contributed by atoms with Gasteiger partial charge in [0.25, 0.3) is 0 Å². The molecule has 1 atom stereocenters. The average Bonchev–Trinajstić information content (AvgIpc) is 2.34. The molecule has 0 aliphatic carbocycles. The van der Waals surface area contributed by atoms with Crippen molar-refractivity contribution in [3.05, 3.63) is 63.6 Å². The van der Waals surface area contributed by atoms with Gasteiger partial charge >= 0.3 is 0 Å². The van der Waals surface area contributed by atoms with Gasteiger partial charge in [0.2, 0.25) is 0 Å². The second-order valence-corrected chi connectivity index (χ2v) is 4.95. The van der Waals surface area contributed by atoms with Crippen molar-refractivity contribution < 1.29 is 5.11 Å². The van der Waals surface area contributed by atoms with Gasteiger partial charge in [-0.3, -0.25) is 0 Å². The van der Waals surface area contributed by atoms with E-state index in [9.17, 15) is 5.11 Å². The largest absolute Gasteiger partial charge is 0.399 e. The number of aliphatic hydroxyl groups is 1. The maximum Gasteiger partial charge on any atom is 0.0830 e. The molecule has 0 aliphatic rings. The Bertz CT molecular complexity index is 540. The Morgan fingerprint density at radius 3 is 2.28 bits per heavy atom. The Morgan fingerprint density at radius 2 is 1.67 bits per heavy atom. The Morgan fingerprint density at radius 1 is 1.00 bits per heavy atom. The molecule has 18 heavy (non-hydrogen) atoms. The molecule has 1 unspecified atom stereocenters. The quantitative estimate of drug-likeness (QED) is 0.840. The summed E-state index contributed by atoms with van der Waals surface area (Å²) in [6.07, 6.45) is -0.0938. The molecular weight excluding hydrogens is 269 g/mol. The minimum absolute atomic E-state index is 0.487. The summed E-state index contributed by atoms with van der Waals surface area (Å²) in [4.78, 5) is 0. The summed E-state index contributed by atoms with van der Waals surface area (Å²) in [6.45, 7) is 0. The molecule has 2 aromatic rings. The van der Waals surface area contributed by atoms with Gasteiger partial charge in [-0.15, -0.1) is 0 Å². The highest BCUT2D eigenvalue weighted by molar-refractivity contribution is 6.42. The van der Waals surface area contributed by atoms with Crippen LogP contribution in [0.25, 0.3) is 0 Å². The van der Waals surface area contributed by atoms with Gasteiger partial charge in [0, 0.05) is 12.1 Å². The maximum absolute atomic E-state index is 10.1. The highest BCUT2D eigenvalue weighted by Crippen LogP contribution is 2.25. The van der Waals surface area contributed by atoms with E-state index >= 15 is 0 Å². The number of benzene rings is 2. The molecule has 0 radical (unpaired) electrons. The molecule has 2 rings (SSSR count). The number of anilines is 1. The average molecular weight is 282 g/mol. The predicted octanol–water partition coefficient (Wildman–Crippen LogP) is 3.85. The first-order valence-corrected chi connectivity index (χ1v) is 6.29. The zero-order valence-electron chi connectivity index (χ0n) is 9.61. The van der Waals surface area contributed by atoms with Crippen LogP contribution in [0, 0.1) is 0 Å². The van der Waals surface area contributed by atoms with E-state index in [2.05, 4.69) is 0 Å². The minimum atomic E-state index is -0.581. The minimum Gasteiger partial charge on any atom is -0.399 e. The van der Waals surface area contributed by atoms with Crippen LogP contribution >= 0.6 is 23.2 Å². The standard InChI is InChI=1S/C14H13Cl2NO/c15-12-6-1-9(7-13(12)16)8-14(18)10-2-4-11(17)5-3-10/h1-7,14,18H,8,17H2. The first kappa shape index (κ1) is 13.2. The fourth-order valence-electron chi connectivity index (χ4n) is 1.73. The van der Waals surface area contributed by atoms with Crippen molar-refractivity contribution in [3.63, 3.8) is 0 Å². The Hall–Kier alpha value is -1.22. The van der Waals surface area contributed by atoms with E-state index in [1.807, 2.05) is 18.2 Å². The lowest BCUT2D eigenvalue weighted by Gasteiger charge is -2.12. The first-order valence-electron chi connectivity index (χ1n) is 5.53. The monoisotopic (exact) mass is 281 g/mol. The van der Waals surface area contributed by atoms with Crippen LogP contribution in [0.2, 0.25) is 10.0 Å². The molecule has 4 heteroatoms. The van der Waals surface area contributed by atoms with Crippen molar-refractivity contribution >= 4 is 28.9 Å². The van der Waals surface area contributed by atoms with Crippen LogP contribution in [0.5, 0.6) is 0 Å². The van der Waals surface area contributed by atoms with E-state index in [1.165, 1.54) is 0 Å². The van der Waals surface area contributed by atoms with Gasteiger partial charge in [0.15, 0.2) is 0 Å². The Labute approximate surface area is 116 Å². The van der Waals surface area contributed by atoms with Crippen LogP contribution in [0.1, 0.15) is 17.2 Å². The van der Waals surface area contributed by atoms with Crippen molar-refractivity contribution in [2.24, 2.45) is 0 Å². The van der Waals surface area contributed by atoms with E-state index in [0.29, 0.717) is 22.2 Å². The lowest BCUT2D eigenvalue weighted by atomic mass is 10.0. The number of nitrogens with two attached hydrogens (primary N) is 1. The number of aliphatic hydroxyl groups excluding tert-OH is 1. The molecular formula is C14H13Cl2NO. The van der Waals surface area contributed by atoms with E-state index in [0.717, 1.165) is 11.1 Å². The molecule has 2 nitrogen and oxygen atoms in total. The number of hydrogen-bond donors (Lipinski definition) is 2. The van der Waals surface area contributed by atoms with Crippen molar-refractivity contribution in [1.82, 2.24) is 0 Å². The van der Waals surface area contributed by atoms with Gasteiger partial charge in [-0.05, 0) is 35.4 Å². The van der Waals surface area contributed by atoms with Crippen LogP contribution in [0.4, 0.5) is 5.69 Å². The van der Waals surface area contributed by atoms with Gasteiger partial charge < -0.3 is 10.8 Å². The van der Waals surface area contributed by atoms with Gasteiger partial charge in [-0.2, -0.15) is 0 Å². The van der Waals surface area contributed by atoms with Gasteiger partial charge in [0.05, 0.1) is 16.1 Å². The molecule has 0 spiro atoms. The van der Waals surface area contributed by atoms with Crippen molar-refractivity contribution in [3.8, 4) is 0 Å². The summed E-state index contributed by atoms with van der Waals surface area (Å²) in [5, 5.41) is 11.1. The molecule has 0 saturated carbocycles. The molecule has 0 amide bonds. The molecule has 0 aromatic heterocycles. The molecule has 2 aromatic carbocycles. The molecule has 0 saturated heterocycles. The van der Waals surface area contributed by atoms with E-state index < -0.39 is 6.10 Å². The normalized spacial score (nSPS) is 12.4. The summed E-state index contributed by atoms with van der Waals surface area (Å²) >= 11 is 11.8. The molecule has 0 aliphatic heterocycles. The number of nitrogen functional groups attached to an aromatic ring is 1. The van der Waals surface area contributed by atoms with E-state index in [4.69, 9.17) is 28.9 Å². The maximum atomic E-state index is 10.1. The Balaban J connectivity index is 2.13. The van der Waals surface area contributed by atoms with E-state index in [-0.39, 0.29) is 0 Å². The summed E-state index contributed by atoms with van der Waals surface area (Å²) < 4.78 is 0. The zero-order valence-corrected chi connectivity index (χ0v) is 11.1. The first-order chi connectivity index (χ1) is 8.56. The number of rotatable bonds is 3. The lowest BCUT2D eigenvalue weighted by molar-refractivity contribution is 0.178. The molecule has 3 N–H and O–H groups in total. The predicted molar refractivity (Wildman–Crippen MR) is 76.0 cm³/mol. The highest BCUT2D eigenvalue weighted by atomic mass is 35.5. The topological polar surface area (TPSA) is 46.2 Å². The summed E-state index contributed by atoms with van der Waals surface area (Å²) in [5.74, 6) is 0. The third-order valence-corrected chi connectivity index (χ3v) is 3.47. The van der Waals surface area contributed by atoms with Crippen LogP contribution in [-0.4, -0.2) is 5.11 Å². The Kier molecular flexibility index (Phi) is 4.12. The van der Waals surface area contributed by atoms with E-state index in [1.54, 1.807) is 24.3 Å². The third kappa shape index (κ3) is 3.16. The fourth-order valence-corrected chi connectivity index (χ4v) is 2.05. The highest BCUT2D eigenvalue weighted by Gasteiger charge is 2.09.